The summed E-state index contributed by atoms with van der Waals surface area (Å²) < 4.78 is 1.07. The van der Waals surface area contributed by atoms with Crippen molar-refractivity contribution in [1.82, 2.24) is 0 Å². The van der Waals surface area contributed by atoms with E-state index in [4.69, 9.17) is 5.73 Å². The van der Waals surface area contributed by atoms with Gasteiger partial charge in [-0.25, -0.2) is 0 Å². The number of hydrogen-bond acceptors (Lipinski definition) is 2. The first-order valence-corrected chi connectivity index (χ1v) is 7.31. The molecule has 0 amide bonds. The molecule has 2 aliphatic rings. The van der Waals surface area contributed by atoms with Gasteiger partial charge in [0.25, 0.3) is 0 Å². The molecular weight excluding hydrogens is 276 g/mol. The summed E-state index contributed by atoms with van der Waals surface area (Å²) in [6.07, 6.45) is 5.60. The van der Waals surface area contributed by atoms with Crippen LogP contribution in [0.25, 0.3) is 0 Å². The molecule has 0 unspecified atom stereocenters. The van der Waals surface area contributed by atoms with Gasteiger partial charge in [0.2, 0.25) is 0 Å². The van der Waals surface area contributed by atoms with E-state index in [2.05, 4.69) is 33.0 Å². The summed E-state index contributed by atoms with van der Waals surface area (Å²) in [4.78, 5) is 2.51. The lowest BCUT2D eigenvalue weighted by Gasteiger charge is -2.26. The van der Waals surface area contributed by atoms with E-state index in [0.29, 0.717) is 0 Å². The largest absolute Gasteiger partial charge is 0.397 e. The van der Waals surface area contributed by atoms with Crippen LogP contribution in [0.15, 0.2) is 22.7 Å². The molecule has 2 aliphatic carbocycles. The SMILES string of the molecule is Nc1cc(Br)ccc1N(CC1CC1)CC1CC1. The molecule has 2 N–H and O–H groups in total. The molecule has 1 aromatic carbocycles. The van der Waals surface area contributed by atoms with E-state index in [1.165, 1.54) is 44.5 Å². The van der Waals surface area contributed by atoms with E-state index in [9.17, 15) is 0 Å². The van der Waals surface area contributed by atoms with Gasteiger partial charge in [-0.05, 0) is 55.7 Å². The van der Waals surface area contributed by atoms with Gasteiger partial charge in [-0.3, -0.25) is 0 Å². The second kappa shape index (κ2) is 4.52. The van der Waals surface area contributed by atoms with Crippen molar-refractivity contribution in [2.24, 2.45) is 11.8 Å². The topological polar surface area (TPSA) is 29.3 Å². The van der Waals surface area contributed by atoms with Crippen molar-refractivity contribution in [2.75, 3.05) is 23.7 Å². The summed E-state index contributed by atoms with van der Waals surface area (Å²) in [5, 5.41) is 0. The Bertz CT molecular complexity index is 397. The number of halogens is 1. The van der Waals surface area contributed by atoms with Crippen molar-refractivity contribution in [3.63, 3.8) is 0 Å². The van der Waals surface area contributed by atoms with Crippen LogP contribution in [-0.4, -0.2) is 13.1 Å². The molecule has 0 radical (unpaired) electrons. The standard InChI is InChI=1S/C14H19BrN2/c15-12-5-6-14(13(16)7-12)17(8-10-1-2-10)9-11-3-4-11/h5-7,10-11H,1-4,8-9,16H2. The fourth-order valence-electron chi connectivity index (χ4n) is 2.31. The van der Waals surface area contributed by atoms with E-state index in [1.807, 2.05) is 6.07 Å². The van der Waals surface area contributed by atoms with Gasteiger partial charge in [0.05, 0.1) is 11.4 Å². The van der Waals surface area contributed by atoms with Gasteiger partial charge in [-0.15, -0.1) is 0 Å². The quantitative estimate of drug-likeness (QED) is 0.840. The summed E-state index contributed by atoms with van der Waals surface area (Å²) in [6, 6.07) is 6.27. The minimum absolute atomic E-state index is 0.903. The van der Waals surface area contributed by atoms with Crippen LogP contribution >= 0.6 is 15.9 Å². The predicted octanol–water partition coefficient (Wildman–Crippen LogP) is 3.66. The zero-order valence-electron chi connectivity index (χ0n) is 10.0. The van der Waals surface area contributed by atoms with Crippen LogP contribution in [0.4, 0.5) is 11.4 Å². The summed E-state index contributed by atoms with van der Waals surface area (Å²) >= 11 is 3.47. The summed E-state index contributed by atoms with van der Waals surface area (Å²) in [5.41, 5.74) is 8.27. The summed E-state index contributed by atoms with van der Waals surface area (Å²) in [7, 11) is 0. The lowest BCUT2D eigenvalue weighted by Crippen LogP contribution is -2.28. The third-order valence-corrected chi connectivity index (χ3v) is 4.17. The molecule has 0 bridgehead atoms. The van der Waals surface area contributed by atoms with Crippen LogP contribution in [0.2, 0.25) is 0 Å². The first-order valence-electron chi connectivity index (χ1n) is 6.52. The van der Waals surface area contributed by atoms with Crippen molar-refractivity contribution in [3.8, 4) is 0 Å². The van der Waals surface area contributed by atoms with Crippen LogP contribution < -0.4 is 10.6 Å². The van der Waals surface area contributed by atoms with Crippen LogP contribution in [0, 0.1) is 11.8 Å². The fraction of sp³-hybridized carbons (Fsp3) is 0.571. The van der Waals surface area contributed by atoms with Crippen molar-refractivity contribution in [3.05, 3.63) is 22.7 Å². The Labute approximate surface area is 111 Å². The van der Waals surface area contributed by atoms with E-state index in [-0.39, 0.29) is 0 Å². The molecule has 92 valence electrons. The van der Waals surface area contributed by atoms with Gasteiger partial charge in [-0.1, -0.05) is 15.9 Å². The van der Waals surface area contributed by atoms with Gasteiger partial charge < -0.3 is 10.6 Å². The maximum absolute atomic E-state index is 6.14. The molecule has 0 aromatic heterocycles. The van der Waals surface area contributed by atoms with Gasteiger partial charge in [0.15, 0.2) is 0 Å². The monoisotopic (exact) mass is 294 g/mol. The first-order chi connectivity index (χ1) is 8.22. The van der Waals surface area contributed by atoms with E-state index in [0.717, 1.165) is 22.0 Å². The molecule has 2 saturated carbocycles. The van der Waals surface area contributed by atoms with E-state index < -0.39 is 0 Å². The van der Waals surface area contributed by atoms with E-state index in [1.54, 1.807) is 0 Å². The molecule has 0 atom stereocenters. The van der Waals surface area contributed by atoms with Crippen LogP contribution in [-0.2, 0) is 0 Å². The molecule has 1 aromatic rings. The highest BCUT2D eigenvalue weighted by Gasteiger charge is 2.29. The van der Waals surface area contributed by atoms with Crippen molar-refractivity contribution in [2.45, 2.75) is 25.7 Å². The van der Waals surface area contributed by atoms with Crippen molar-refractivity contribution < 1.29 is 0 Å². The number of hydrogen-bond donors (Lipinski definition) is 1. The maximum atomic E-state index is 6.14. The van der Waals surface area contributed by atoms with Crippen molar-refractivity contribution >= 4 is 27.3 Å². The zero-order chi connectivity index (χ0) is 11.8. The number of nitrogens with zero attached hydrogens (tertiary/aromatic N) is 1. The lowest BCUT2D eigenvalue weighted by molar-refractivity contribution is 0.680. The molecule has 3 rings (SSSR count). The van der Waals surface area contributed by atoms with Crippen molar-refractivity contribution in [1.29, 1.82) is 0 Å². The Kier molecular flexibility index (Phi) is 3.03. The minimum atomic E-state index is 0.903. The molecular formula is C14H19BrN2. The normalized spacial score (nSPS) is 19.4. The molecule has 0 spiro atoms. The van der Waals surface area contributed by atoms with Crippen LogP contribution in [0.3, 0.4) is 0 Å². The van der Waals surface area contributed by atoms with Crippen LogP contribution in [0.1, 0.15) is 25.7 Å². The Hall–Kier alpha value is -0.700. The number of benzene rings is 1. The average Bonchev–Trinajstić information content (AvgIpc) is 3.11. The second-order valence-electron chi connectivity index (χ2n) is 5.49. The molecule has 0 saturated heterocycles. The summed E-state index contributed by atoms with van der Waals surface area (Å²) in [6.45, 7) is 2.39. The smallest absolute Gasteiger partial charge is 0.0600 e. The number of anilines is 2. The molecule has 0 heterocycles. The Balaban J connectivity index is 1.78. The Morgan fingerprint density at radius 2 is 1.71 bits per heavy atom. The molecule has 2 nitrogen and oxygen atoms in total. The third-order valence-electron chi connectivity index (χ3n) is 3.68. The fourth-order valence-corrected chi connectivity index (χ4v) is 2.69. The molecule has 17 heavy (non-hydrogen) atoms. The summed E-state index contributed by atoms with van der Waals surface area (Å²) in [5.74, 6) is 1.83. The van der Waals surface area contributed by atoms with E-state index >= 15 is 0 Å². The zero-order valence-corrected chi connectivity index (χ0v) is 11.6. The van der Waals surface area contributed by atoms with Gasteiger partial charge in [0.1, 0.15) is 0 Å². The number of nitrogens with two attached hydrogens (primary N) is 1. The number of nitrogen functional groups attached to an aromatic ring is 1. The highest BCUT2D eigenvalue weighted by molar-refractivity contribution is 9.10. The second-order valence-corrected chi connectivity index (χ2v) is 6.41. The highest BCUT2D eigenvalue weighted by Crippen LogP contribution is 2.37. The number of rotatable bonds is 5. The third kappa shape index (κ3) is 2.95. The minimum Gasteiger partial charge on any atom is -0.397 e. The average molecular weight is 295 g/mol. The predicted molar refractivity (Wildman–Crippen MR) is 76.2 cm³/mol. The van der Waals surface area contributed by atoms with Gasteiger partial charge in [-0.2, -0.15) is 0 Å². The molecule has 0 aliphatic heterocycles. The molecule has 3 heteroatoms. The molecule has 2 fully saturated rings. The Morgan fingerprint density at radius 1 is 1.12 bits per heavy atom. The lowest BCUT2D eigenvalue weighted by atomic mass is 10.2. The Morgan fingerprint density at radius 3 is 2.18 bits per heavy atom. The van der Waals surface area contributed by atoms with Crippen LogP contribution in [0.5, 0.6) is 0 Å². The van der Waals surface area contributed by atoms with Gasteiger partial charge in [0, 0.05) is 17.6 Å². The maximum Gasteiger partial charge on any atom is 0.0600 e. The highest BCUT2D eigenvalue weighted by atomic mass is 79.9. The first kappa shape index (κ1) is 11.4. The van der Waals surface area contributed by atoms with Gasteiger partial charge >= 0.3 is 0 Å².